The molecule has 3 nitrogen and oxygen atoms in total. The van der Waals surface area contributed by atoms with Gasteiger partial charge in [0.15, 0.2) is 0 Å². The van der Waals surface area contributed by atoms with E-state index in [1.54, 1.807) is 0 Å². The van der Waals surface area contributed by atoms with E-state index in [9.17, 15) is 0 Å². The quantitative estimate of drug-likeness (QED) is 0.829. The lowest BCUT2D eigenvalue weighted by atomic mass is 10.1. The van der Waals surface area contributed by atoms with Crippen LogP contribution in [0.4, 0.5) is 0 Å². The molecule has 3 unspecified atom stereocenters. The number of ether oxygens (including phenoxy) is 2. The molecule has 0 amide bonds. The van der Waals surface area contributed by atoms with Gasteiger partial charge in [-0.25, -0.2) is 0 Å². The average molecular weight is 277 g/mol. The van der Waals surface area contributed by atoms with Gasteiger partial charge < -0.3 is 14.8 Å². The van der Waals surface area contributed by atoms with Gasteiger partial charge >= 0.3 is 0 Å². The fraction of sp³-hybridized carbons (Fsp3) is 0.647. The van der Waals surface area contributed by atoms with Crippen molar-refractivity contribution in [1.82, 2.24) is 5.32 Å². The Morgan fingerprint density at radius 2 is 1.85 bits per heavy atom. The molecule has 20 heavy (non-hydrogen) atoms. The Bertz CT molecular complexity index is 380. The summed E-state index contributed by atoms with van der Waals surface area (Å²) >= 11 is 0. The van der Waals surface area contributed by atoms with Crippen molar-refractivity contribution in [3.8, 4) is 0 Å². The van der Waals surface area contributed by atoms with Gasteiger partial charge in [0.05, 0.1) is 24.9 Å². The van der Waals surface area contributed by atoms with Crippen molar-refractivity contribution in [3.05, 3.63) is 35.9 Å². The summed E-state index contributed by atoms with van der Waals surface area (Å²) in [5, 5.41) is 3.43. The topological polar surface area (TPSA) is 30.5 Å². The Morgan fingerprint density at radius 1 is 1.15 bits per heavy atom. The standard InChI is InChI=1S/C17H27NO2/c1-13(2)18-11-16-9-10-17(20-16)12-19-14(3)15-7-5-4-6-8-15/h4-8,13-14,16-18H,9-12H2,1-3H3. The zero-order valence-corrected chi connectivity index (χ0v) is 12.8. The van der Waals surface area contributed by atoms with Gasteiger partial charge in [-0.05, 0) is 25.3 Å². The molecule has 2 rings (SSSR count). The van der Waals surface area contributed by atoms with Crippen LogP contribution >= 0.6 is 0 Å². The Balaban J connectivity index is 1.68. The highest BCUT2D eigenvalue weighted by atomic mass is 16.5. The van der Waals surface area contributed by atoms with Crippen LogP contribution in [-0.2, 0) is 9.47 Å². The Morgan fingerprint density at radius 3 is 2.55 bits per heavy atom. The third-order valence-corrected chi connectivity index (χ3v) is 3.75. The van der Waals surface area contributed by atoms with E-state index in [0.29, 0.717) is 18.8 Å². The van der Waals surface area contributed by atoms with Crippen LogP contribution in [0.5, 0.6) is 0 Å². The fourth-order valence-electron chi connectivity index (χ4n) is 2.49. The molecular formula is C17H27NO2. The van der Waals surface area contributed by atoms with Gasteiger partial charge in [0.1, 0.15) is 0 Å². The third kappa shape index (κ3) is 4.89. The molecule has 1 N–H and O–H groups in total. The first kappa shape index (κ1) is 15.5. The molecule has 1 saturated heterocycles. The van der Waals surface area contributed by atoms with Gasteiger partial charge in [-0.3, -0.25) is 0 Å². The minimum Gasteiger partial charge on any atom is -0.371 e. The second kappa shape index (κ2) is 7.77. The number of nitrogens with one attached hydrogen (secondary N) is 1. The molecule has 1 heterocycles. The van der Waals surface area contributed by atoms with E-state index >= 15 is 0 Å². The minimum absolute atomic E-state index is 0.132. The molecule has 3 atom stereocenters. The summed E-state index contributed by atoms with van der Waals surface area (Å²) in [6.07, 6.45) is 2.96. The number of hydrogen-bond acceptors (Lipinski definition) is 3. The van der Waals surface area contributed by atoms with Crippen LogP contribution in [-0.4, -0.2) is 31.4 Å². The molecule has 0 bridgehead atoms. The molecule has 0 aliphatic carbocycles. The van der Waals surface area contributed by atoms with E-state index in [2.05, 4.69) is 50.4 Å². The molecule has 1 aromatic rings. The molecule has 3 heteroatoms. The summed E-state index contributed by atoms with van der Waals surface area (Å²) in [5.41, 5.74) is 1.23. The maximum Gasteiger partial charge on any atom is 0.0814 e. The van der Waals surface area contributed by atoms with E-state index in [1.807, 2.05) is 6.07 Å². The van der Waals surface area contributed by atoms with E-state index in [0.717, 1.165) is 19.4 Å². The molecule has 0 saturated carbocycles. The lowest BCUT2D eigenvalue weighted by Crippen LogP contribution is -2.32. The SMILES string of the molecule is CC(C)NCC1CCC(COC(C)c2ccccc2)O1. The highest BCUT2D eigenvalue weighted by molar-refractivity contribution is 5.16. The van der Waals surface area contributed by atoms with Gasteiger partial charge in [0.2, 0.25) is 0 Å². The summed E-state index contributed by atoms with van der Waals surface area (Å²) in [5.74, 6) is 0. The Kier molecular flexibility index (Phi) is 6.02. The lowest BCUT2D eigenvalue weighted by molar-refractivity contribution is -0.0373. The predicted octanol–water partition coefficient (Wildman–Crippen LogP) is 3.31. The van der Waals surface area contributed by atoms with Crippen molar-refractivity contribution < 1.29 is 9.47 Å². The van der Waals surface area contributed by atoms with Crippen molar-refractivity contribution in [1.29, 1.82) is 0 Å². The molecular weight excluding hydrogens is 250 g/mol. The first-order valence-corrected chi connectivity index (χ1v) is 7.70. The van der Waals surface area contributed by atoms with Gasteiger partial charge in [-0.1, -0.05) is 44.2 Å². The fourth-order valence-corrected chi connectivity index (χ4v) is 2.49. The first-order chi connectivity index (χ1) is 9.65. The Labute approximate surface area is 122 Å². The highest BCUT2D eigenvalue weighted by Gasteiger charge is 2.25. The number of rotatable bonds is 7. The smallest absolute Gasteiger partial charge is 0.0814 e. The summed E-state index contributed by atoms with van der Waals surface area (Å²) in [6.45, 7) is 8.06. The Hall–Kier alpha value is -0.900. The number of benzene rings is 1. The number of hydrogen-bond donors (Lipinski definition) is 1. The third-order valence-electron chi connectivity index (χ3n) is 3.75. The molecule has 1 aromatic carbocycles. The summed E-state index contributed by atoms with van der Waals surface area (Å²) in [7, 11) is 0. The molecule has 1 aliphatic rings. The highest BCUT2D eigenvalue weighted by Crippen LogP contribution is 2.22. The van der Waals surface area contributed by atoms with Gasteiger partial charge in [0, 0.05) is 12.6 Å². The molecule has 0 radical (unpaired) electrons. The van der Waals surface area contributed by atoms with E-state index in [4.69, 9.17) is 9.47 Å². The first-order valence-electron chi connectivity index (χ1n) is 7.70. The second-order valence-electron chi connectivity index (χ2n) is 5.91. The average Bonchev–Trinajstić information content (AvgIpc) is 2.91. The van der Waals surface area contributed by atoms with Crippen LogP contribution in [0, 0.1) is 0 Å². The lowest BCUT2D eigenvalue weighted by Gasteiger charge is -2.18. The molecule has 1 fully saturated rings. The zero-order valence-electron chi connectivity index (χ0n) is 12.8. The zero-order chi connectivity index (χ0) is 14.4. The van der Waals surface area contributed by atoms with E-state index in [1.165, 1.54) is 5.56 Å². The van der Waals surface area contributed by atoms with Crippen LogP contribution in [0.3, 0.4) is 0 Å². The van der Waals surface area contributed by atoms with Crippen molar-refractivity contribution >= 4 is 0 Å². The van der Waals surface area contributed by atoms with Crippen molar-refractivity contribution in [2.45, 2.75) is 58.0 Å². The van der Waals surface area contributed by atoms with Crippen LogP contribution in [0.25, 0.3) is 0 Å². The second-order valence-corrected chi connectivity index (χ2v) is 5.91. The van der Waals surface area contributed by atoms with Gasteiger partial charge in [-0.15, -0.1) is 0 Å². The maximum atomic E-state index is 6.01. The van der Waals surface area contributed by atoms with Crippen LogP contribution in [0.1, 0.15) is 45.3 Å². The normalized spacial score (nSPS) is 24.2. The molecule has 112 valence electrons. The van der Waals surface area contributed by atoms with Crippen molar-refractivity contribution in [3.63, 3.8) is 0 Å². The summed E-state index contributed by atoms with van der Waals surface area (Å²) < 4.78 is 12.0. The van der Waals surface area contributed by atoms with Crippen LogP contribution in [0.15, 0.2) is 30.3 Å². The molecule has 1 aliphatic heterocycles. The van der Waals surface area contributed by atoms with Crippen molar-refractivity contribution in [2.75, 3.05) is 13.2 Å². The minimum atomic E-state index is 0.132. The summed E-state index contributed by atoms with van der Waals surface area (Å²) in [4.78, 5) is 0. The van der Waals surface area contributed by atoms with Crippen molar-refractivity contribution in [2.24, 2.45) is 0 Å². The monoisotopic (exact) mass is 277 g/mol. The van der Waals surface area contributed by atoms with Crippen LogP contribution < -0.4 is 5.32 Å². The van der Waals surface area contributed by atoms with Crippen LogP contribution in [0.2, 0.25) is 0 Å². The van der Waals surface area contributed by atoms with E-state index in [-0.39, 0.29) is 12.2 Å². The summed E-state index contributed by atoms with van der Waals surface area (Å²) in [6, 6.07) is 10.9. The van der Waals surface area contributed by atoms with E-state index < -0.39 is 0 Å². The largest absolute Gasteiger partial charge is 0.371 e. The predicted molar refractivity (Wildman–Crippen MR) is 81.8 cm³/mol. The molecule has 0 spiro atoms. The molecule has 0 aromatic heterocycles. The van der Waals surface area contributed by atoms with Gasteiger partial charge in [0.25, 0.3) is 0 Å². The van der Waals surface area contributed by atoms with Gasteiger partial charge in [-0.2, -0.15) is 0 Å². The maximum absolute atomic E-state index is 6.01.